The van der Waals surface area contributed by atoms with E-state index in [1.165, 1.54) is 16.7 Å². The number of likely N-dealkylation sites (N-methyl/N-ethyl adjacent to an activating group) is 2. The molecule has 0 unspecified atom stereocenters. The summed E-state index contributed by atoms with van der Waals surface area (Å²) < 4.78 is 38.3. The molecule has 5 aromatic rings. The first-order valence-electron chi connectivity index (χ1n) is 17.9. The molecule has 2 atom stereocenters. The Morgan fingerprint density at radius 2 is 1.40 bits per heavy atom. The van der Waals surface area contributed by atoms with Crippen LogP contribution in [0.3, 0.4) is 0 Å². The number of nitrogens with zero attached hydrogens (tertiary/aromatic N) is 3. The molecule has 4 aliphatic heterocycles. The number of aromatic nitrogens is 1. The molecule has 268 valence electrons. The van der Waals surface area contributed by atoms with Crippen molar-refractivity contribution < 1.29 is 28.4 Å². The fourth-order valence-corrected chi connectivity index (χ4v) is 7.86. The van der Waals surface area contributed by atoms with Crippen LogP contribution in [-0.4, -0.2) is 63.3 Å². The van der Waals surface area contributed by atoms with Crippen molar-refractivity contribution in [2.75, 3.05) is 48.5 Å². The summed E-state index contributed by atoms with van der Waals surface area (Å²) in [4.78, 5) is 9.13. The third-order valence-corrected chi connectivity index (χ3v) is 10.8. The Labute approximate surface area is 305 Å². The van der Waals surface area contributed by atoms with Crippen LogP contribution in [0.5, 0.6) is 46.0 Å². The summed E-state index contributed by atoms with van der Waals surface area (Å²) in [5, 5.41) is 0. The van der Waals surface area contributed by atoms with Crippen LogP contribution in [0.1, 0.15) is 51.0 Å². The molecular weight excluding hydrogens is 654 g/mol. The molecule has 9 heteroatoms. The van der Waals surface area contributed by atoms with E-state index in [0.29, 0.717) is 53.3 Å². The number of hydrogen-bond donors (Lipinski definition) is 0. The fraction of sp³-hybridized carbons (Fsp3) is 0.326. The van der Waals surface area contributed by atoms with Gasteiger partial charge in [0.15, 0.2) is 34.5 Å². The molecule has 9 rings (SSSR count). The average Bonchev–Trinajstić information content (AvgIpc) is 3.17. The smallest absolute Gasteiger partial charge is 0.204 e. The summed E-state index contributed by atoms with van der Waals surface area (Å²) in [6, 6.07) is 25.1. The van der Waals surface area contributed by atoms with Gasteiger partial charge >= 0.3 is 0 Å². The Morgan fingerprint density at radius 1 is 0.712 bits per heavy atom. The van der Waals surface area contributed by atoms with Crippen molar-refractivity contribution in [3.63, 3.8) is 0 Å². The van der Waals surface area contributed by atoms with Gasteiger partial charge in [0.1, 0.15) is 12.4 Å². The van der Waals surface area contributed by atoms with Crippen molar-refractivity contribution in [2.45, 2.75) is 44.4 Å². The van der Waals surface area contributed by atoms with Crippen LogP contribution in [0.4, 0.5) is 0 Å². The molecule has 0 radical (unpaired) electrons. The minimum Gasteiger partial charge on any atom is -0.493 e. The summed E-state index contributed by atoms with van der Waals surface area (Å²) >= 11 is 0. The predicted octanol–water partition coefficient (Wildman–Crippen LogP) is 8.13. The molecule has 0 saturated carbocycles. The Hall–Kier alpha value is -5.25. The van der Waals surface area contributed by atoms with Crippen LogP contribution in [0.25, 0.3) is 0 Å². The second-order valence-electron chi connectivity index (χ2n) is 13.9. The van der Waals surface area contributed by atoms with Gasteiger partial charge in [0, 0.05) is 48.7 Å². The molecule has 0 fully saturated rings. The Balaban J connectivity index is 1.35. The van der Waals surface area contributed by atoms with E-state index in [4.69, 9.17) is 28.4 Å². The molecule has 6 bridgehead atoms. The van der Waals surface area contributed by atoms with Gasteiger partial charge in [-0.2, -0.15) is 0 Å². The average molecular weight is 700 g/mol. The Bertz CT molecular complexity index is 2070. The minimum atomic E-state index is -0.0488. The third kappa shape index (κ3) is 6.50. The van der Waals surface area contributed by atoms with Crippen LogP contribution in [0, 0.1) is 0 Å². The Morgan fingerprint density at radius 3 is 2.15 bits per heavy atom. The molecule has 52 heavy (non-hydrogen) atoms. The number of fused-ring (bicyclic) bond motifs is 2. The Kier molecular flexibility index (Phi) is 9.38. The molecule has 0 N–H and O–H groups in total. The second-order valence-corrected chi connectivity index (χ2v) is 13.9. The molecule has 0 saturated heterocycles. The molecular formula is C43H45N3O6. The van der Waals surface area contributed by atoms with Crippen LogP contribution >= 0.6 is 0 Å². The molecule has 0 aliphatic carbocycles. The highest BCUT2D eigenvalue weighted by Gasteiger charge is 2.35. The SMILES string of the molecule is COc1ccc2cc1Oc1ccc(cc1)C[C@H]1c3cc(c(OC)cc3CCN1C)Oc1c(OCc3cccnc3)c(OC)cc3c1[C@H](C2)N(C)CC3. The van der Waals surface area contributed by atoms with Gasteiger partial charge in [0.2, 0.25) is 5.75 Å². The van der Waals surface area contributed by atoms with Crippen molar-refractivity contribution in [1.82, 2.24) is 14.8 Å². The maximum absolute atomic E-state index is 7.21. The van der Waals surface area contributed by atoms with Gasteiger partial charge in [-0.3, -0.25) is 14.8 Å². The maximum atomic E-state index is 7.21. The number of hydrogen-bond acceptors (Lipinski definition) is 9. The quantitative estimate of drug-likeness (QED) is 0.175. The third-order valence-electron chi connectivity index (χ3n) is 10.8. The summed E-state index contributed by atoms with van der Waals surface area (Å²) in [6.45, 7) is 2.12. The van der Waals surface area contributed by atoms with Gasteiger partial charge in [-0.1, -0.05) is 24.3 Å². The molecule has 1 aromatic heterocycles. The van der Waals surface area contributed by atoms with E-state index in [0.717, 1.165) is 60.4 Å². The van der Waals surface area contributed by atoms with E-state index in [2.05, 4.69) is 83.5 Å². The van der Waals surface area contributed by atoms with Crippen LogP contribution < -0.4 is 28.4 Å². The van der Waals surface area contributed by atoms with E-state index in [-0.39, 0.29) is 12.1 Å². The largest absolute Gasteiger partial charge is 0.493 e. The molecule has 9 nitrogen and oxygen atoms in total. The zero-order chi connectivity index (χ0) is 35.8. The van der Waals surface area contributed by atoms with Crippen molar-refractivity contribution in [1.29, 1.82) is 0 Å². The summed E-state index contributed by atoms with van der Waals surface area (Å²) in [7, 11) is 9.44. The van der Waals surface area contributed by atoms with Gasteiger partial charge < -0.3 is 28.4 Å². The number of ether oxygens (including phenoxy) is 6. The van der Waals surface area contributed by atoms with Crippen molar-refractivity contribution in [3.05, 3.63) is 124 Å². The number of rotatable bonds is 6. The normalized spacial score (nSPS) is 18.2. The lowest BCUT2D eigenvalue weighted by molar-refractivity contribution is 0.216. The lowest BCUT2D eigenvalue weighted by atomic mass is 9.87. The molecule has 0 amide bonds. The first-order chi connectivity index (χ1) is 25.4. The van der Waals surface area contributed by atoms with E-state index in [1.54, 1.807) is 27.5 Å². The van der Waals surface area contributed by atoms with Gasteiger partial charge in [-0.15, -0.1) is 0 Å². The molecule has 5 heterocycles. The minimum absolute atomic E-state index is 0.0488. The highest BCUT2D eigenvalue weighted by molar-refractivity contribution is 5.64. The predicted molar refractivity (Wildman–Crippen MR) is 200 cm³/mol. The topological polar surface area (TPSA) is 74.8 Å². The number of benzene rings is 4. The van der Waals surface area contributed by atoms with Crippen LogP contribution in [-0.2, 0) is 32.3 Å². The highest BCUT2D eigenvalue weighted by Crippen LogP contribution is 2.52. The van der Waals surface area contributed by atoms with Crippen LogP contribution in [0.15, 0.2) is 85.2 Å². The van der Waals surface area contributed by atoms with Gasteiger partial charge in [0.25, 0.3) is 0 Å². The van der Waals surface area contributed by atoms with Crippen molar-refractivity contribution in [3.8, 4) is 46.0 Å². The zero-order valence-corrected chi connectivity index (χ0v) is 30.5. The molecule has 0 spiro atoms. The molecule has 4 aromatic carbocycles. The van der Waals surface area contributed by atoms with Gasteiger partial charge in [-0.05, 0) is 116 Å². The van der Waals surface area contributed by atoms with Crippen LogP contribution in [0.2, 0.25) is 0 Å². The van der Waals surface area contributed by atoms with Crippen molar-refractivity contribution >= 4 is 0 Å². The standard InChI is InChI=1S/C43H45N3O6/c1-45-17-14-30-22-37(48-4)39-24-33(30)34(45)19-27-8-11-32(12-9-27)51-38-21-28(10-13-36(38)47-3)20-35-41-31(15-18-46(35)2)23-40(49-5)42(43(41)52-39)50-26-29-7-6-16-44-25-29/h6-13,16,21-25,34-35H,14-15,17-20,26H2,1-5H3/t34-,35-/m0/s1. The van der Waals surface area contributed by atoms with E-state index < -0.39 is 0 Å². The number of pyridine rings is 1. The van der Waals surface area contributed by atoms with E-state index in [1.807, 2.05) is 24.4 Å². The van der Waals surface area contributed by atoms with E-state index >= 15 is 0 Å². The lowest BCUT2D eigenvalue weighted by Crippen LogP contribution is -2.34. The van der Waals surface area contributed by atoms with E-state index in [9.17, 15) is 0 Å². The summed E-state index contributed by atoms with van der Waals surface area (Å²) in [6.07, 6.45) is 6.86. The monoisotopic (exact) mass is 699 g/mol. The summed E-state index contributed by atoms with van der Waals surface area (Å²) in [5.74, 6) is 5.27. The summed E-state index contributed by atoms with van der Waals surface area (Å²) in [5.41, 5.74) is 8.00. The fourth-order valence-electron chi connectivity index (χ4n) is 7.86. The highest BCUT2D eigenvalue weighted by atomic mass is 16.6. The lowest BCUT2D eigenvalue weighted by Gasteiger charge is -2.37. The number of methoxy groups -OCH3 is 3. The zero-order valence-electron chi connectivity index (χ0n) is 30.5. The first-order valence-corrected chi connectivity index (χ1v) is 17.9. The van der Waals surface area contributed by atoms with Gasteiger partial charge in [0.05, 0.1) is 21.3 Å². The van der Waals surface area contributed by atoms with Crippen molar-refractivity contribution in [2.24, 2.45) is 0 Å². The second kappa shape index (κ2) is 14.4. The van der Waals surface area contributed by atoms with Gasteiger partial charge in [-0.25, -0.2) is 0 Å². The first kappa shape index (κ1) is 33.9. The maximum Gasteiger partial charge on any atom is 0.204 e. The molecule has 4 aliphatic rings.